The Hall–Kier alpha value is -2.49. The number of halogens is 1. The van der Waals surface area contributed by atoms with Crippen LogP contribution in [0.1, 0.15) is 36.2 Å². The highest BCUT2D eigenvalue weighted by atomic mass is 19.1. The van der Waals surface area contributed by atoms with Crippen LogP contribution >= 0.6 is 0 Å². The first-order valence-electron chi connectivity index (χ1n) is 7.06. The topological polar surface area (TPSA) is 43.4 Å². The lowest BCUT2D eigenvalue weighted by atomic mass is 10.0. The second-order valence-electron chi connectivity index (χ2n) is 5.43. The van der Waals surface area contributed by atoms with Crippen molar-refractivity contribution in [2.24, 2.45) is 5.92 Å². The van der Waals surface area contributed by atoms with Gasteiger partial charge in [-0.3, -0.25) is 9.59 Å². The molecule has 2 aromatic rings. The molecule has 0 amide bonds. The molecule has 0 radical (unpaired) electrons. The lowest BCUT2D eigenvalue weighted by molar-refractivity contribution is -0.135. The van der Waals surface area contributed by atoms with Gasteiger partial charge in [-0.2, -0.15) is 0 Å². The molecule has 0 aliphatic rings. The summed E-state index contributed by atoms with van der Waals surface area (Å²) >= 11 is 0. The smallest absolute Gasteiger partial charge is 0.311 e. The fraction of sp³-hybridized carbons (Fsp3) is 0.222. The molecule has 0 atom stereocenters. The molecule has 0 aromatic heterocycles. The average molecular weight is 300 g/mol. The van der Waals surface area contributed by atoms with Crippen LogP contribution in [0, 0.1) is 11.7 Å². The average Bonchev–Trinajstić information content (AvgIpc) is 2.47. The first-order chi connectivity index (χ1) is 10.5. The van der Waals surface area contributed by atoms with Crippen LogP contribution in [0.2, 0.25) is 0 Å². The van der Waals surface area contributed by atoms with Crippen LogP contribution in [0.15, 0.2) is 48.5 Å². The fourth-order valence-electron chi connectivity index (χ4n) is 1.95. The summed E-state index contributed by atoms with van der Waals surface area (Å²) in [5.41, 5.74) is 0.862. The van der Waals surface area contributed by atoms with Gasteiger partial charge in [-0.25, -0.2) is 4.39 Å². The SMILES string of the molecule is CC(C)CC(=O)Oc1ccc(C(=O)c2ccc(F)cc2)cc1. The van der Waals surface area contributed by atoms with Crippen molar-refractivity contribution in [3.05, 3.63) is 65.5 Å². The molecular weight excluding hydrogens is 283 g/mol. The number of carbonyl (C=O) groups excluding carboxylic acids is 2. The third-order valence-corrected chi connectivity index (χ3v) is 3.03. The molecule has 0 unspecified atom stereocenters. The van der Waals surface area contributed by atoms with Gasteiger partial charge in [-0.15, -0.1) is 0 Å². The normalized spacial score (nSPS) is 10.5. The molecule has 0 fully saturated rings. The summed E-state index contributed by atoms with van der Waals surface area (Å²) in [6.07, 6.45) is 0.344. The van der Waals surface area contributed by atoms with Crippen molar-refractivity contribution in [3.63, 3.8) is 0 Å². The maximum Gasteiger partial charge on any atom is 0.311 e. The Morgan fingerprint density at radius 2 is 1.45 bits per heavy atom. The maximum absolute atomic E-state index is 12.9. The van der Waals surface area contributed by atoms with Crippen LogP contribution in [0.25, 0.3) is 0 Å². The van der Waals surface area contributed by atoms with E-state index in [1.165, 1.54) is 24.3 Å². The van der Waals surface area contributed by atoms with Gasteiger partial charge >= 0.3 is 5.97 Å². The third-order valence-electron chi connectivity index (χ3n) is 3.03. The van der Waals surface area contributed by atoms with Crippen molar-refractivity contribution >= 4 is 11.8 Å². The first-order valence-corrected chi connectivity index (χ1v) is 7.06. The van der Waals surface area contributed by atoms with E-state index in [1.54, 1.807) is 24.3 Å². The van der Waals surface area contributed by atoms with E-state index in [-0.39, 0.29) is 23.5 Å². The Bertz CT molecular complexity index is 658. The summed E-state index contributed by atoms with van der Waals surface area (Å²) < 4.78 is 18.0. The molecule has 0 saturated carbocycles. The van der Waals surface area contributed by atoms with E-state index in [2.05, 4.69) is 0 Å². The summed E-state index contributed by atoms with van der Waals surface area (Å²) in [6, 6.07) is 11.7. The highest BCUT2D eigenvalue weighted by Crippen LogP contribution is 2.17. The van der Waals surface area contributed by atoms with Gasteiger partial charge in [0.15, 0.2) is 5.78 Å². The number of hydrogen-bond donors (Lipinski definition) is 0. The predicted molar refractivity (Wildman–Crippen MR) is 81.4 cm³/mol. The highest BCUT2D eigenvalue weighted by Gasteiger charge is 2.11. The summed E-state index contributed by atoms with van der Waals surface area (Å²) in [5.74, 6) is -0.259. The molecule has 0 saturated heterocycles. The first kappa shape index (κ1) is 15.9. The van der Waals surface area contributed by atoms with E-state index >= 15 is 0 Å². The van der Waals surface area contributed by atoms with Crippen LogP contribution in [0.3, 0.4) is 0 Å². The molecule has 22 heavy (non-hydrogen) atoms. The van der Waals surface area contributed by atoms with Gasteiger partial charge in [0.2, 0.25) is 0 Å². The molecule has 0 aliphatic carbocycles. The Morgan fingerprint density at radius 3 is 1.95 bits per heavy atom. The fourth-order valence-corrected chi connectivity index (χ4v) is 1.95. The minimum absolute atomic E-state index is 0.208. The van der Waals surface area contributed by atoms with E-state index in [0.29, 0.717) is 23.3 Å². The van der Waals surface area contributed by atoms with Crippen molar-refractivity contribution in [3.8, 4) is 5.75 Å². The Kier molecular flexibility index (Phi) is 5.04. The lowest BCUT2D eigenvalue weighted by Crippen LogP contribution is -2.10. The number of ketones is 1. The molecule has 3 nitrogen and oxygen atoms in total. The summed E-state index contributed by atoms with van der Waals surface area (Å²) in [4.78, 5) is 23.8. The predicted octanol–water partition coefficient (Wildman–Crippen LogP) is 4.01. The molecule has 0 aliphatic heterocycles. The van der Waals surface area contributed by atoms with Gasteiger partial charge in [0.1, 0.15) is 11.6 Å². The van der Waals surface area contributed by atoms with Gasteiger partial charge in [-0.05, 0) is 54.4 Å². The van der Waals surface area contributed by atoms with Crippen LogP contribution in [0.4, 0.5) is 4.39 Å². The van der Waals surface area contributed by atoms with Gasteiger partial charge < -0.3 is 4.74 Å². The van der Waals surface area contributed by atoms with E-state index in [0.717, 1.165) is 0 Å². The van der Waals surface area contributed by atoms with Crippen molar-refractivity contribution in [1.82, 2.24) is 0 Å². The van der Waals surface area contributed by atoms with Gasteiger partial charge in [0, 0.05) is 17.5 Å². The van der Waals surface area contributed by atoms with Gasteiger partial charge in [-0.1, -0.05) is 13.8 Å². The molecule has 0 bridgehead atoms. The zero-order valence-corrected chi connectivity index (χ0v) is 12.5. The zero-order valence-electron chi connectivity index (χ0n) is 12.5. The Morgan fingerprint density at radius 1 is 0.955 bits per heavy atom. The molecule has 0 N–H and O–H groups in total. The Balaban J connectivity index is 2.06. The lowest BCUT2D eigenvalue weighted by Gasteiger charge is -2.07. The van der Waals surface area contributed by atoms with Gasteiger partial charge in [0.05, 0.1) is 0 Å². The molecule has 2 aromatic carbocycles. The summed E-state index contributed by atoms with van der Waals surface area (Å²) in [6.45, 7) is 3.87. The zero-order chi connectivity index (χ0) is 16.1. The molecule has 4 heteroatoms. The van der Waals surface area contributed by atoms with Crippen molar-refractivity contribution < 1.29 is 18.7 Å². The molecule has 2 rings (SSSR count). The molecule has 114 valence electrons. The minimum Gasteiger partial charge on any atom is -0.427 e. The van der Waals surface area contributed by atoms with Crippen molar-refractivity contribution in [1.29, 1.82) is 0 Å². The van der Waals surface area contributed by atoms with Crippen LogP contribution in [0.5, 0.6) is 5.75 Å². The Labute approximate surface area is 128 Å². The summed E-state index contributed by atoms with van der Waals surface area (Å²) in [7, 11) is 0. The second-order valence-corrected chi connectivity index (χ2v) is 5.43. The number of carbonyl (C=O) groups is 2. The number of ether oxygens (including phenoxy) is 1. The second kappa shape index (κ2) is 6.98. The van der Waals surface area contributed by atoms with E-state index in [1.807, 2.05) is 13.8 Å². The van der Waals surface area contributed by atoms with Crippen LogP contribution < -0.4 is 4.74 Å². The highest BCUT2D eigenvalue weighted by molar-refractivity contribution is 6.09. The largest absolute Gasteiger partial charge is 0.427 e. The molecule has 0 spiro atoms. The maximum atomic E-state index is 12.9. The van der Waals surface area contributed by atoms with Gasteiger partial charge in [0.25, 0.3) is 0 Å². The van der Waals surface area contributed by atoms with E-state index in [4.69, 9.17) is 4.74 Å². The third kappa shape index (κ3) is 4.25. The van der Waals surface area contributed by atoms with Crippen molar-refractivity contribution in [2.75, 3.05) is 0 Å². The molecular formula is C18H17FO3. The number of hydrogen-bond acceptors (Lipinski definition) is 3. The van der Waals surface area contributed by atoms with Crippen LogP contribution in [-0.4, -0.2) is 11.8 Å². The number of rotatable bonds is 5. The van der Waals surface area contributed by atoms with E-state index < -0.39 is 0 Å². The number of benzene rings is 2. The molecule has 0 heterocycles. The monoisotopic (exact) mass is 300 g/mol. The van der Waals surface area contributed by atoms with Crippen molar-refractivity contribution in [2.45, 2.75) is 20.3 Å². The minimum atomic E-state index is -0.385. The summed E-state index contributed by atoms with van der Waals surface area (Å²) in [5, 5.41) is 0. The van der Waals surface area contributed by atoms with Crippen LogP contribution in [-0.2, 0) is 4.79 Å². The quantitative estimate of drug-likeness (QED) is 0.476. The standard InChI is InChI=1S/C18H17FO3/c1-12(2)11-17(20)22-16-9-5-14(6-10-16)18(21)13-3-7-15(19)8-4-13/h3-10,12H,11H2,1-2H3. The number of esters is 1. The van der Waals surface area contributed by atoms with E-state index in [9.17, 15) is 14.0 Å².